The number of carbonyl (C=O) groups excluding carboxylic acids is 1. The monoisotopic (exact) mass is 382 g/mol. The van der Waals surface area contributed by atoms with Gasteiger partial charge in [-0.15, -0.1) is 0 Å². The number of pyridine rings is 1. The second-order valence-corrected chi connectivity index (χ2v) is 7.73. The van der Waals surface area contributed by atoms with Crippen LogP contribution in [-0.4, -0.2) is 40.2 Å². The summed E-state index contributed by atoms with van der Waals surface area (Å²) in [5.41, 5.74) is 0.556. The fourth-order valence-electron chi connectivity index (χ4n) is 3.87. The van der Waals surface area contributed by atoms with E-state index in [9.17, 15) is 14.7 Å². The van der Waals surface area contributed by atoms with E-state index in [0.717, 1.165) is 11.3 Å². The molecule has 0 radical (unpaired) electrons. The Kier molecular flexibility index (Phi) is 5.26. The number of rotatable bonds is 6. The van der Waals surface area contributed by atoms with Gasteiger partial charge in [-0.1, -0.05) is 44.2 Å². The molecule has 1 saturated carbocycles. The highest BCUT2D eigenvalue weighted by atomic mass is 16.5. The van der Waals surface area contributed by atoms with E-state index in [0.29, 0.717) is 17.9 Å². The molecule has 2 aromatic rings. The lowest BCUT2D eigenvalue weighted by molar-refractivity contribution is -0.190. The average molecular weight is 382 g/mol. The summed E-state index contributed by atoms with van der Waals surface area (Å²) in [6.45, 7) is 7.76. The Morgan fingerprint density at radius 1 is 1.21 bits per heavy atom. The highest BCUT2D eigenvalue weighted by molar-refractivity contribution is 5.99. The number of nitrogens with zero attached hydrogens (tertiary/aromatic N) is 1. The largest absolute Gasteiger partial charge is 0.479 e. The van der Waals surface area contributed by atoms with Gasteiger partial charge in [-0.3, -0.25) is 9.78 Å². The van der Waals surface area contributed by atoms with Gasteiger partial charge in [0.05, 0.1) is 23.1 Å². The van der Waals surface area contributed by atoms with Crippen molar-refractivity contribution in [2.45, 2.75) is 45.8 Å². The third-order valence-corrected chi connectivity index (χ3v) is 5.86. The number of carboxylic acid groups (broad SMARTS) is 1. The van der Waals surface area contributed by atoms with Gasteiger partial charge in [0.1, 0.15) is 5.54 Å². The maximum atomic E-state index is 12.9. The van der Waals surface area contributed by atoms with Gasteiger partial charge in [0.15, 0.2) is 0 Å². The molecule has 2 unspecified atom stereocenters. The van der Waals surface area contributed by atoms with Gasteiger partial charge in [0.25, 0.3) is 5.91 Å². The predicted molar refractivity (Wildman–Crippen MR) is 106 cm³/mol. The number of hydrogen-bond donors (Lipinski definition) is 2. The number of hydrogen-bond acceptors (Lipinski definition) is 4. The minimum absolute atomic E-state index is 0.214. The number of aliphatic carboxylic acids is 1. The smallest absolute Gasteiger partial charge is 0.330 e. The zero-order valence-electron chi connectivity index (χ0n) is 16.7. The Labute approximate surface area is 164 Å². The number of carbonyl (C=O) groups is 2. The zero-order chi connectivity index (χ0) is 20.5. The highest BCUT2D eigenvalue weighted by Crippen LogP contribution is 2.51. The lowest BCUT2D eigenvalue weighted by Crippen LogP contribution is -2.76. The Bertz CT molecular complexity index is 895. The maximum Gasteiger partial charge on any atom is 0.330 e. The van der Waals surface area contributed by atoms with Crippen molar-refractivity contribution in [3.63, 3.8) is 0 Å². The fourth-order valence-corrected chi connectivity index (χ4v) is 3.87. The van der Waals surface area contributed by atoms with Crippen LogP contribution in [0.15, 0.2) is 42.5 Å². The SMILES string of the molecule is CCOC1CC(NC(=O)c2ccc(-c3ccccc3)nc2C)(C(=O)O)C1(C)C. The van der Waals surface area contributed by atoms with Gasteiger partial charge >= 0.3 is 5.97 Å². The van der Waals surface area contributed by atoms with Crippen LogP contribution in [0.1, 0.15) is 43.2 Å². The molecule has 1 aromatic heterocycles. The molecule has 1 fully saturated rings. The van der Waals surface area contributed by atoms with Crippen molar-refractivity contribution in [3.8, 4) is 11.3 Å². The summed E-state index contributed by atoms with van der Waals surface area (Å²) < 4.78 is 5.65. The highest BCUT2D eigenvalue weighted by Gasteiger charge is 2.66. The number of aryl methyl sites for hydroxylation is 1. The molecule has 1 heterocycles. The van der Waals surface area contributed by atoms with Crippen molar-refractivity contribution >= 4 is 11.9 Å². The summed E-state index contributed by atoms with van der Waals surface area (Å²) in [7, 11) is 0. The molecule has 6 heteroatoms. The molecular formula is C22H26N2O4. The van der Waals surface area contributed by atoms with Crippen LogP contribution in [-0.2, 0) is 9.53 Å². The predicted octanol–water partition coefficient (Wildman–Crippen LogP) is 3.45. The first kappa shape index (κ1) is 20.0. The van der Waals surface area contributed by atoms with E-state index >= 15 is 0 Å². The van der Waals surface area contributed by atoms with E-state index in [1.54, 1.807) is 19.1 Å². The number of nitrogens with one attached hydrogen (secondary N) is 1. The van der Waals surface area contributed by atoms with E-state index in [1.165, 1.54) is 0 Å². The van der Waals surface area contributed by atoms with E-state index in [4.69, 9.17) is 4.74 Å². The molecule has 0 aliphatic heterocycles. The molecule has 6 nitrogen and oxygen atoms in total. The minimum atomic E-state index is -1.37. The second-order valence-electron chi connectivity index (χ2n) is 7.73. The second kappa shape index (κ2) is 7.36. The van der Waals surface area contributed by atoms with Crippen LogP contribution < -0.4 is 5.32 Å². The Balaban J connectivity index is 1.85. The molecule has 3 rings (SSSR count). The molecule has 2 atom stereocenters. The Morgan fingerprint density at radius 3 is 2.43 bits per heavy atom. The number of carboxylic acids is 1. The third-order valence-electron chi connectivity index (χ3n) is 5.86. The van der Waals surface area contributed by atoms with Crippen molar-refractivity contribution in [2.24, 2.45) is 5.41 Å². The number of amides is 1. The van der Waals surface area contributed by atoms with Crippen molar-refractivity contribution < 1.29 is 19.4 Å². The molecule has 1 aliphatic rings. The van der Waals surface area contributed by atoms with E-state index in [2.05, 4.69) is 10.3 Å². The van der Waals surface area contributed by atoms with E-state index < -0.39 is 22.8 Å². The van der Waals surface area contributed by atoms with E-state index in [1.807, 2.05) is 51.1 Å². The zero-order valence-corrected chi connectivity index (χ0v) is 16.7. The molecule has 1 amide bonds. The molecular weight excluding hydrogens is 356 g/mol. The van der Waals surface area contributed by atoms with Crippen LogP contribution in [0.4, 0.5) is 0 Å². The molecule has 1 aromatic carbocycles. The molecule has 0 spiro atoms. The van der Waals surface area contributed by atoms with Gasteiger partial charge in [-0.25, -0.2) is 4.79 Å². The van der Waals surface area contributed by atoms with Crippen LogP contribution in [0, 0.1) is 12.3 Å². The summed E-state index contributed by atoms with van der Waals surface area (Å²) in [5.74, 6) is -1.48. The molecule has 1 aliphatic carbocycles. The summed E-state index contributed by atoms with van der Waals surface area (Å²) in [6, 6.07) is 13.2. The normalized spacial score (nSPS) is 22.9. The van der Waals surface area contributed by atoms with Crippen LogP contribution in [0.25, 0.3) is 11.3 Å². The number of benzene rings is 1. The summed E-state index contributed by atoms with van der Waals surface area (Å²) >= 11 is 0. The third kappa shape index (κ3) is 3.18. The molecule has 0 bridgehead atoms. The average Bonchev–Trinajstić information content (AvgIpc) is 2.67. The summed E-state index contributed by atoms with van der Waals surface area (Å²) in [4.78, 5) is 29.5. The summed E-state index contributed by atoms with van der Waals surface area (Å²) in [6.07, 6.45) is 0.0253. The summed E-state index contributed by atoms with van der Waals surface area (Å²) in [5, 5.41) is 12.6. The van der Waals surface area contributed by atoms with Crippen LogP contribution in [0.2, 0.25) is 0 Å². The van der Waals surface area contributed by atoms with Crippen molar-refractivity contribution in [1.82, 2.24) is 10.3 Å². The van der Waals surface area contributed by atoms with Crippen molar-refractivity contribution in [3.05, 3.63) is 53.7 Å². The maximum absolute atomic E-state index is 12.9. The Hall–Kier alpha value is -2.73. The topological polar surface area (TPSA) is 88.5 Å². The molecule has 28 heavy (non-hydrogen) atoms. The fraction of sp³-hybridized carbons (Fsp3) is 0.409. The van der Waals surface area contributed by atoms with Crippen molar-refractivity contribution in [2.75, 3.05) is 6.61 Å². The van der Waals surface area contributed by atoms with Crippen molar-refractivity contribution in [1.29, 1.82) is 0 Å². The molecule has 2 N–H and O–H groups in total. The first-order valence-electron chi connectivity index (χ1n) is 9.43. The van der Waals surface area contributed by atoms with Gasteiger partial charge in [-0.2, -0.15) is 0 Å². The first-order valence-corrected chi connectivity index (χ1v) is 9.43. The lowest BCUT2D eigenvalue weighted by atomic mass is 9.54. The minimum Gasteiger partial charge on any atom is -0.479 e. The van der Waals surface area contributed by atoms with Gasteiger partial charge < -0.3 is 15.2 Å². The standard InChI is InChI=1S/C22H26N2O4/c1-5-28-18-13-22(20(26)27,21(18,3)4)24-19(25)16-11-12-17(23-14(16)2)15-9-7-6-8-10-15/h6-12,18H,5,13H2,1-4H3,(H,24,25)(H,26,27). The number of aromatic nitrogens is 1. The van der Waals surface area contributed by atoms with Crippen LogP contribution >= 0.6 is 0 Å². The lowest BCUT2D eigenvalue weighted by Gasteiger charge is -2.58. The molecule has 148 valence electrons. The first-order chi connectivity index (χ1) is 13.2. The number of ether oxygens (including phenoxy) is 1. The van der Waals surface area contributed by atoms with Gasteiger partial charge in [0, 0.05) is 24.0 Å². The molecule has 0 saturated heterocycles. The van der Waals surface area contributed by atoms with Crippen LogP contribution in [0.3, 0.4) is 0 Å². The van der Waals surface area contributed by atoms with Gasteiger partial charge in [0.2, 0.25) is 0 Å². The Morgan fingerprint density at radius 2 is 1.89 bits per heavy atom. The van der Waals surface area contributed by atoms with Gasteiger partial charge in [-0.05, 0) is 26.0 Å². The van der Waals surface area contributed by atoms with Crippen LogP contribution in [0.5, 0.6) is 0 Å². The quantitative estimate of drug-likeness (QED) is 0.799. The van der Waals surface area contributed by atoms with E-state index in [-0.39, 0.29) is 12.5 Å².